The normalized spacial score (nSPS) is 13.5. The highest BCUT2D eigenvalue weighted by molar-refractivity contribution is 7.00. The highest BCUT2D eigenvalue weighted by atomic mass is 28.3. The molecule has 0 N–H and O–H groups in total. The summed E-state index contributed by atoms with van der Waals surface area (Å²) in [5, 5.41) is 5.33. The molecule has 0 amide bonds. The molecule has 0 radical (unpaired) electrons. The second kappa shape index (κ2) is 11.0. The van der Waals surface area contributed by atoms with Gasteiger partial charge >= 0.3 is 0 Å². The van der Waals surface area contributed by atoms with Gasteiger partial charge in [0.05, 0.1) is 29.1 Å². The van der Waals surface area contributed by atoms with E-state index in [1.54, 1.807) is 0 Å². The predicted molar refractivity (Wildman–Crippen MR) is 203 cm³/mol. The lowest BCUT2D eigenvalue weighted by atomic mass is 10.1. The minimum Gasteiger partial charge on any atom is -0.347 e. The topological polar surface area (TPSA) is 24.3 Å². The summed E-state index contributed by atoms with van der Waals surface area (Å²) in [6, 6.07) is 48.8. The monoisotopic (exact) mass is 628 g/mol. The van der Waals surface area contributed by atoms with Crippen LogP contribution >= 0.6 is 0 Å². The van der Waals surface area contributed by atoms with E-state index in [0.29, 0.717) is 0 Å². The number of para-hydroxylation sites is 3. The van der Waals surface area contributed by atoms with E-state index in [9.17, 15) is 0 Å². The molecule has 0 fully saturated rings. The van der Waals surface area contributed by atoms with Crippen molar-refractivity contribution in [3.63, 3.8) is 0 Å². The van der Waals surface area contributed by atoms with Gasteiger partial charge in [-0.1, -0.05) is 108 Å². The molecule has 0 saturated carbocycles. The number of hydrogen-bond acceptors (Lipinski definition) is 3. The predicted octanol–water partition coefficient (Wildman–Crippen LogP) is 9.38. The summed E-state index contributed by atoms with van der Waals surface area (Å²) in [6.07, 6.45) is 1.93. The number of hydrogen-bond donors (Lipinski definition) is 0. The molecule has 0 aliphatic carbocycles. The number of benzene rings is 5. The molecule has 5 aromatic carbocycles. The van der Waals surface area contributed by atoms with Crippen molar-refractivity contribution in [1.82, 2.24) is 9.55 Å². The number of pyridine rings is 1. The molecule has 0 unspecified atom stereocenters. The third-order valence-corrected chi connectivity index (χ3v) is 13.4. The molecule has 0 spiro atoms. The second-order valence-electron chi connectivity index (χ2n) is 14.2. The van der Waals surface area contributed by atoms with Gasteiger partial charge in [-0.15, -0.1) is 0 Å². The van der Waals surface area contributed by atoms with Crippen molar-refractivity contribution >= 4 is 57.3 Å². The van der Waals surface area contributed by atoms with Crippen molar-refractivity contribution < 1.29 is 0 Å². The maximum atomic E-state index is 4.92. The molecule has 7 aromatic rings. The average molecular weight is 629 g/mol. The standard InChI is InChI=1S/C42H40N4Si/c1-42(2,3)45-29-44(38-20-11-12-21-39(38)45)32-16-13-17-33(27-32)47(4,5)34-22-23-36-35-18-9-10-19-37(35)46(40(36)28-34)41-26-31(24-25-43-41)30-14-7-6-8-15-30/h6-28H,29H2,1-5H3. The summed E-state index contributed by atoms with van der Waals surface area (Å²) in [4.78, 5) is 9.90. The van der Waals surface area contributed by atoms with Gasteiger partial charge in [0.1, 0.15) is 13.9 Å². The second-order valence-corrected chi connectivity index (χ2v) is 18.6. The summed E-state index contributed by atoms with van der Waals surface area (Å²) in [5.41, 5.74) is 8.58. The molecular formula is C42H40N4Si. The molecule has 47 heavy (non-hydrogen) atoms. The number of anilines is 3. The van der Waals surface area contributed by atoms with Crippen LogP contribution in [0.4, 0.5) is 17.1 Å². The molecule has 0 bridgehead atoms. The Bertz CT molecular complexity index is 2260. The van der Waals surface area contributed by atoms with Crippen LogP contribution in [0.25, 0.3) is 38.8 Å². The first-order valence-electron chi connectivity index (χ1n) is 16.5. The Hall–Kier alpha value is -5.13. The van der Waals surface area contributed by atoms with Gasteiger partial charge in [-0.25, -0.2) is 4.98 Å². The highest BCUT2D eigenvalue weighted by Gasteiger charge is 2.34. The van der Waals surface area contributed by atoms with Gasteiger partial charge in [0.15, 0.2) is 0 Å². The van der Waals surface area contributed by atoms with Crippen LogP contribution in [-0.2, 0) is 0 Å². The van der Waals surface area contributed by atoms with Crippen molar-refractivity contribution in [3.8, 4) is 16.9 Å². The quantitative estimate of drug-likeness (QED) is 0.178. The van der Waals surface area contributed by atoms with Crippen LogP contribution in [0.1, 0.15) is 20.8 Å². The van der Waals surface area contributed by atoms with Gasteiger partial charge < -0.3 is 9.80 Å². The largest absolute Gasteiger partial charge is 0.347 e. The van der Waals surface area contributed by atoms with Crippen LogP contribution in [0.15, 0.2) is 140 Å². The van der Waals surface area contributed by atoms with Crippen LogP contribution < -0.4 is 20.2 Å². The third-order valence-electron chi connectivity index (χ3n) is 9.91. The van der Waals surface area contributed by atoms with E-state index in [0.717, 1.165) is 18.1 Å². The molecule has 8 rings (SSSR count). The first kappa shape index (κ1) is 29.3. The SMILES string of the molecule is CC(C)(C)N1CN(c2cccc([Si](C)(C)c3ccc4c5ccccc5n(-c5cc(-c6ccccc6)ccn5)c4c3)c2)c2ccccc21. The van der Waals surface area contributed by atoms with Crippen LogP contribution in [0.5, 0.6) is 0 Å². The van der Waals surface area contributed by atoms with Crippen LogP contribution in [-0.4, -0.2) is 29.8 Å². The fourth-order valence-corrected chi connectivity index (χ4v) is 9.55. The van der Waals surface area contributed by atoms with Gasteiger partial charge in [0.2, 0.25) is 0 Å². The maximum absolute atomic E-state index is 4.92. The fourth-order valence-electron chi connectivity index (χ4n) is 7.19. The van der Waals surface area contributed by atoms with Crippen molar-refractivity contribution in [2.45, 2.75) is 39.4 Å². The zero-order valence-corrected chi connectivity index (χ0v) is 28.8. The van der Waals surface area contributed by atoms with Crippen molar-refractivity contribution in [2.75, 3.05) is 16.5 Å². The molecule has 1 aliphatic heterocycles. The Morgan fingerprint density at radius 2 is 1.30 bits per heavy atom. The number of nitrogens with zero attached hydrogens (tertiary/aromatic N) is 4. The zero-order valence-electron chi connectivity index (χ0n) is 27.8. The summed E-state index contributed by atoms with van der Waals surface area (Å²) in [5.74, 6) is 0.937. The van der Waals surface area contributed by atoms with E-state index in [1.165, 1.54) is 54.8 Å². The lowest BCUT2D eigenvalue weighted by Crippen LogP contribution is -2.53. The Labute approximate surface area is 278 Å². The molecule has 2 aromatic heterocycles. The molecule has 3 heterocycles. The fraction of sp³-hybridized carbons (Fsp3) is 0.167. The Balaban J connectivity index is 1.23. The minimum atomic E-state index is -2.11. The van der Waals surface area contributed by atoms with Crippen LogP contribution in [0.2, 0.25) is 13.1 Å². The number of rotatable bonds is 5. The van der Waals surface area contributed by atoms with Gasteiger partial charge in [0, 0.05) is 28.2 Å². The average Bonchev–Trinajstić information content (AvgIpc) is 3.65. The Morgan fingerprint density at radius 1 is 0.596 bits per heavy atom. The molecule has 0 saturated heterocycles. The molecule has 232 valence electrons. The summed E-state index contributed by atoms with van der Waals surface area (Å²) >= 11 is 0. The zero-order chi connectivity index (χ0) is 32.3. The molecule has 0 atom stereocenters. The summed E-state index contributed by atoms with van der Waals surface area (Å²) in [7, 11) is -2.11. The summed E-state index contributed by atoms with van der Waals surface area (Å²) in [6.45, 7) is 12.7. The van der Waals surface area contributed by atoms with Gasteiger partial charge in [-0.3, -0.25) is 4.57 Å². The van der Waals surface area contributed by atoms with Crippen LogP contribution in [0.3, 0.4) is 0 Å². The Morgan fingerprint density at radius 3 is 2.11 bits per heavy atom. The Kier molecular flexibility index (Phi) is 6.85. The van der Waals surface area contributed by atoms with E-state index in [4.69, 9.17) is 4.98 Å². The maximum Gasteiger partial charge on any atom is 0.138 e. The van der Waals surface area contributed by atoms with Gasteiger partial charge in [0.25, 0.3) is 0 Å². The van der Waals surface area contributed by atoms with E-state index in [-0.39, 0.29) is 5.54 Å². The molecule has 4 nitrogen and oxygen atoms in total. The van der Waals surface area contributed by atoms with Crippen molar-refractivity contribution in [3.05, 3.63) is 140 Å². The van der Waals surface area contributed by atoms with Crippen LogP contribution in [0, 0.1) is 0 Å². The van der Waals surface area contributed by atoms with E-state index < -0.39 is 8.07 Å². The lowest BCUT2D eigenvalue weighted by Gasteiger charge is -2.34. The smallest absolute Gasteiger partial charge is 0.138 e. The van der Waals surface area contributed by atoms with Gasteiger partial charge in [-0.05, 0) is 80.4 Å². The van der Waals surface area contributed by atoms with Crippen molar-refractivity contribution in [1.29, 1.82) is 0 Å². The number of aromatic nitrogens is 2. The van der Waals surface area contributed by atoms with E-state index in [1.807, 2.05) is 6.20 Å². The van der Waals surface area contributed by atoms with Gasteiger partial charge in [-0.2, -0.15) is 0 Å². The third kappa shape index (κ3) is 4.93. The molecule has 1 aliphatic rings. The molecular weight excluding hydrogens is 589 g/mol. The summed E-state index contributed by atoms with van der Waals surface area (Å²) < 4.78 is 2.35. The lowest BCUT2D eigenvalue weighted by molar-refractivity contribution is 0.518. The first-order valence-corrected chi connectivity index (χ1v) is 19.5. The highest BCUT2D eigenvalue weighted by Crippen LogP contribution is 2.43. The van der Waals surface area contributed by atoms with E-state index in [2.05, 4.69) is 182 Å². The minimum absolute atomic E-state index is 0.0276. The van der Waals surface area contributed by atoms with Crippen molar-refractivity contribution in [2.24, 2.45) is 0 Å². The first-order chi connectivity index (χ1) is 22.7. The number of fused-ring (bicyclic) bond motifs is 4. The van der Waals surface area contributed by atoms with E-state index >= 15 is 0 Å². The molecule has 5 heteroatoms.